The van der Waals surface area contributed by atoms with Crippen LogP contribution < -0.4 is 5.56 Å². The first kappa shape index (κ1) is 17.7. The van der Waals surface area contributed by atoms with Crippen molar-refractivity contribution in [3.8, 4) is 0 Å². The first-order chi connectivity index (χ1) is 12.9. The minimum absolute atomic E-state index is 0.116. The lowest BCUT2D eigenvalue weighted by molar-refractivity contribution is 0.238. The number of fused-ring (bicyclic) bond motifs is 1. The standard InChI is InChI=1S/C19H20N4O3S/c1-14-20-18-9-11-22(13-17(18)19(24)21-14)12-15-6-5-10-23(15)27(25,26)16-7-3-2-4-8-16/h2-8,10H,9,11-13H2,1H3,(H,20,21,24). The Morgan fingerprint density at radius 2 is 1.93 bits per heavy atom. The molecule has 0 saturated carbocycles. The maximum Gasteiger partial charge on any atom is 0.267 e. The third kappa shape index (κ3) is 3.33. The zero-order valence-corrected chi connectivity index (χ0v) is 15.7. The topological polar surface area (TPSA) is 88.1 Å². The van der Waals surface area contributed by atoms with Gasteiger partial charge in [0.15, 0.2) is 0 Å². The number of benzene rings is 1. The molecule has 3 aromatic rings. The summed E-state index contributed by atoms with van der Waals surface area (Å²) in [7, 11) is -3.64. The van der Waals surface area contributed by atoms with Gasteiger partial charge in [-0.05, 0) is 31.2 Å². The van der Waals surface area contributed by atoms with E-state index in [1.807, 2.05) is 0 Å². The Bertz CT molecular complexity index is 1130. The van der Waals surface area contributed by atoms with Crippen LogP contribution in [0.5, 0.6) is 0 Å². The van der Waals surface area contributed by atoms with E-state index in [1.54, 1.807) is 55.6 Å². The van der Waals surface area contributed by atoms with Crippen LogP contribution in [-0.4, -0.2) is 33.8 Å². The first-order valence-electron chi connectivity index (χ1n) is 8.73. The van der Waals surface area contributed by atoms with Gasteiger partial charge < -0.3 is 4.98 Å². The molecule has 1 aromatic carbocycles. The molecule has 0 saturated heterocycles. The molecular weight excluding hydrogens is 364 g/mol. The van der Waals surface area contributed by atoms with E-state index in [1.165, 1.54) is 3.97 Å². The molecule has 3 heterocycles. The van der Waals surface area contributed by atoms with Gasteiger partial charge in [-0.1, -0.05) is 18.2 Å². The van der Waals surface area contributed by atoms with Crippen molar-refractivity contribution in [3.05, 3.63) is 81.8 Å². The normalized spacial score (nSPS) is 14.9. The Morgan fingerprint density at radius 3 is 2.70 bits per heavy atom. The molecule has 1 aliphatic heterocycles. The van der Waals surface area contributed by atoms with Crippen molar-refractivity contribution < 1.29 is 8.42 Å². The molecule has 0 radical (unpaired) electrons. The molecule has 0 aliphatic carbocycles. The lowest BCUT2D eigenvalue weighted by Crippen LogP contribution is -2.36. The molecule has 0 spiro atoms. The second kappa shape index (κ2) is 6.79. The summed E-state index contributed by atoms with van der Waals surface area (Å²) in [4.78, 5) is 21.7. The predicted octanol–water partition coefficient (Wildman–Crippen LogP) is 1.68. The fourth-order valence-electron chi connectivity index (χ4n) is 3.43. The van der Waals surface area contributed by atoms with E-state index >= 15 is 0 Å². The molecule has 0 atom stereocenters. The number of nitrogens with zero attached hydrogens (tertiary/aromatic N) is 3. The highest BCUT2D eigenvalue weighted by atomic mass is 32.2. The number of hydrogen-bond acceptors (Lipinski definition) is 5. The lowest BCUT2D eigenvalue weighted by Gasteiger charge is -2.27. The van der Waals surface area contributed by atoms with Gasteiger partial charge in [0.2, 0.25) is 0 Å². The van der Waals surface area contributed by atoms with E-state index < -0.39 is 10.0 Å². The zero-order valence-electron chi connectivity index (χ0n) is 14.9. The minimum Gasteiger partial charge on any atom is -0.310 e. The van der Waals surface area contributed by atoms with Crippen molar-refractivity contribution in [1.29, 1.82) is 0 Å². The summed E-state index contributed by atoms with van der Waals surface area (Å²) in [6.45, 7) is 3.38. The molecule has 0 amide bonds. The van der Waals surface area contributed by atoms with Crippen molar-refractivity contribution in [2.75, 3.05) is 6.54 Å². The Kier molecular flexibility index (Phi) is 4.45. The second-order valence-corrected chi connectivity index (χ2v) is 8.47. The van der Waals surface area contributed by atoms with Crippen molar-refractivity contribution in [2.24, 2.45) is 0 Å². The number of nitrogens with one attached hydrogen (secondary N) is 1. The van der Waals surface area contributed by atoms with Crippen molar-refractivity contribution >= 4 is 10.0 Å². The van der Waals surface area contributed by atoms with Gasteiger partial charge in [-0.25, -0.2) is 17.4 Å². The molecule has 4 rings (SSSR count). The van der Waals surface area contributed by atoms with Crippen molar-refractivity contribution in [1.82, 2.24) is 18.8 Å². The molecule has 0 unspecified atom stereocenters. The average Bonchev–Trinajstić information content (AvgIpc) is 3.12. The third-order valence-electron chi connectivity index (χ3n) is 4.74. The summed E-state index contributed by atoms with van der Waals surface area (Å²) in [6, 6.07) is 11.9. The van der Waals surface area contributed by atoms with Crippen LogP contribution in [0.25, 0.3) is 0 Å². The molecule has 2 aromatic heterocycles. The quantitative estimate of drug-likeness (QED) is 0.739. The van der Waals surface area contributed by atoms with Crippen LogP contribution in [0.4, 0.5) is 0 Å². The fraction of sp³-hybridized carbons (Fsp3) is 0.263. The van der Waals surface area contributed by atoms with Crippen molar-refractivity contribution in [3.63, 3.8) is 0 Å². The van der Waals surface area contributed by atoms with Crippen LogP contribution >= 0.6 is 0 Å². The van der Waals surface area contributed by atoms with Crippen LogP contribution in [0.15, 0.2) is 58.4 Å². The first-order valence-corrected chi connectivity index (χ1v) is 10.2. The minimum atomic E-state index is -3.64. The molecule has 27 heavy (non-hydrogen) atoms. The van der Waals surface area contributed by atoms with Gasteiger partial charge in [0.25, 0.3) is 15.6 Å². The zero-order chi connectivity index (χ0) is 19.0. The summed E-state index contributed by atoms with van der Waals surface area (Å²) in [5.41, 5.74) is 2.05. The van der Waals surface area contributed by atoms with Crippen LogP contribution in [0.1, 0.15) is 22.8 Å². The summed E-state index contributed by atoms with van der Waals surface area (Å²) < 4.78 is 27.2. The van der Waals surface area contributed by atoms with Gasteiger partial charge in [0.05, 0.1) is 16.2 Å². The number of aromatic amines is 1. The van der Waals surface area contributed by atoms with Crippen LogP contribution in [0.3, 0.4) is 0 Å². The second-order valence-electron chi connectivity index (χ2n) is 6.65. The van der Waals surface area contributed by atoms with Gasteiger partial charge in [0.1, 0.15) is 5.82 Å². The summed E-state index contributed by atoms with van der Waals surface area (Å²) in [5, 5.41) is 0. The smallest absolute Gasteiger partial charge is 0.267 e. The maximum absolute atomic E-state index is 12.9. The number of aromatic nitrogens is 3. The van der Waals surface area contributed by atoms with Gasteiger partial charge in [-0.2, -0.15) is 0 Å². The Labute approximate surface area is 157 Å². The Balaban J connectivity index is 1.61. The summed E-state index contributed by atoms with van der Waals surface area (Å²) in [5.74, 6) is 0.620. The molecule has 0 fully saturated rings. The van der Waals surface area contributed by atoms with E-state index in [9.17, 15) is 13.2 Å². The highest BCUT2D eigenvalue weighted by molar-refractivity contribution is 7.90. The van der Waals surface area contributed by atoms with E-state index in [0.29, 0.717) is 36.6 Å². The van der Waals surface area contributed by atoms with Gasteiger partial charge >= 0.3 is 0 Å². The van der Waals surface area contributed by atoms with Gasteiger partial charge in [-0.15, -0.1) is 0 Å². The highest BCUT2D eigenvalue weighted by Gasteiger charge is 2.24. The monoisotopic (exact) mass is 384 g/mol. The van der Waals surface area contributed by atoms with Gasteiger partial charge in [-0.3, -0.25) is 9.69 Å². The largest absolute Gasteiger partial charge is 0.310 e. The Morgan fingerprint density at radius 1 is 1.15 bits per heavy atom. The highest BCUT2D eigenvalue weighted by Crippen LogP contribution is 2.20. The Hall–Kier alpha value is -2.71. The molecule has 1 N–H and O–H groups in total. The van der Waals surface area contributed by atoms with Crippen LogP contribution in [0.2, 0.25) is 0 Å². The van der Waals surface area contributed by atoms with E-state index in [2.05, 4.69) is 14.9 Å². The molecular formula is C19H20N4O3S. The van der Waals surface area contributed by atoms with Gasteiger partial charge in [0, 0.05) is 37.9 Å². The maximum atomic E-state index is 12.9. The van der Waals surface area contributed by atoms with Crippen LogP contribution in [-0.2, 0) is 29.5 Å². The number of aryl methyl sites for hydroxylation is 1. The molecule has 140 valence electrons. The SMILES string of the molecule is Cc1nc2c(c(=O)[nH]1)CN(Cc1cccn1S(=O)(=O)c1ccccc1)CC2. The van der Waals surface area contributed by atoms with E-state index in [-0.39, 0.29) is 10.5 Å². The molecule has 8 heteroatoms. The number of hydrogen-bond donors (Lipinski definition) is 1. The number of rotatable bonds is 4. The fourth-order valence-corrected chi connectivity index (χ4v) is 4.82. The number of H-pyrrole nitrogens is 1. The molecule has 7 nitrogen and oxygen atoms in total. The van der Waals surface area contributed by atoms with E-state index in [4.69, 9.17) is 0 Å². The lowest BCUT2D eigenvalue weighted by atomic mass is 10.1. The average molecular weight is 384 g/mol. The third-order valence-corrected chi connectivity index (χ3v) is 6.49. The summed E-state index contributed by atoms with van der Waals surface area (Å²) in [6.07, 6.45) is 2.24. The molecule has 1 aliphatic rings. The predicted molar refractivity (Wildman–Crippen MR) is 101 cm³/mol. The van der Waals surface area contributed by atoms with E-state index in [0.717, 1.165) is 12.2 Å². The molecule has 0 bridgehead atoms. The van der Waals surface area contributed by atoms with Crippen LogP contribution in [0, 0.1) is 6.92 Å². The summed E-state index contributed by atoms with van der Waals surface area (Å²) >= 11 is 0. The van der Waals surface area contributed by atoms with Crippen molar-refractivity contribution in [2.45, 2.75) is 31.3 Å².